The smallest absolute Gasteiger partial charge is 0.233 e. The van der Waals surface area contributed by atoms with Gasteiger partial charge in [-0.15, -0.1) is 0 Å². The fraction of sp³-hybridized carbons (Fsp3) is 0.188. The van der Waals surface area contributed by atoms with Gasteiger partial charge >= 0.3 is 0 Å². The van der Waals surface area contributed by atoms with Crippen molar-refractivity contribution in [2.24, 2.45) is 0 Å². The molecule has 0 aliphatic heterocycles. The Morgan fingerprint density at radius 3 is 2.05 bits per heavy atom. The summed E-state index contributed by atoms with van der Waals surface area (Å²) in [7, 11) is 0. The highest BCUT2D eigenvalue weighted by atomic mass is 127. The lowest BCUT2D eigenvalue weighted by Gasteiger charge is -2.11. The third-order valence-corrected chi connectivity index (χ3v) is 3.86. The monoisotopic (exact) mass is 365 g/mol. The van der Waals surface area contributed by atoms with Crippen LogP contribution in [0.1, 0.15) is 11.1 Å². The molecular formula is C16H16INO. The summed E-state index contributed by atoms with van der Waals surface area (Å²) < 4.78 is -0.0382. The summed E-state index contributed by atoms with van der Waals surface area (Å²) in [5.41, 5.74) is 2.32. The minimum absolute atomic E-state index is 0.0382. The highest BCUT2D eigenvalue weighted by molar-refractivity contribution is 14.1. The molecule has 2 aromatic rings. The average Bonchev–Trinajstić information content (AvgIpc) is 2.47. The molecular weight excluding hydrogens is 349 g/mol. The van der Waals surface area contributed by atoms with Crippen molar-refractivity contribution in [3.8, 4) is 0 Å². The predicted octanol–water partition coefficient (Wildman–Crippen LogP) is 3.35. The number of benzene rings is 2. The molecule has 0 aliphatic carbocycles. The molecule has 0 saturated carbocycles. The van der Waals surface area contributed by atoms with Crippen LogP contribution in [0.15, 0.2) is 60.7 Å². The maximum atomic E-state index is 12.0. The topological polar surface area (TPSA) is 29.1 Å². The van der Waals surface area contributed by atoms with Crippen LogP contribution in [0.4, 0.5) is 0 Å². The molecule has 1 amide bonds. The summed E-state index contributed by atoms with van der Waals surface area (Å²) in [5, 5.41) is 2.97. The number of amides is 1. The van der Waals surface area contributed by atoms with Gasteiger partial charge < -0.3 is 5.32 Å². The van der Waals surface area contributed by atoms with E-state index in [0.29, 0.717) is 6.54 Å². The Morgan fingerprint density at radius 1 is 0.947 bits per heavy atom. The Morgan fingerprint density at radius 2 is 1.47 bits per heavy atom. The van der Waals surface area contributed by atoms with Crippen LogP contribution in [0.3, 0.4) is 0 Å². The summed E-state index contributed by atoms with van der Waals surface area (Å²) in [6.45, 7) is 0.591. The second-order valence-electron chi connectivity index (χ2n) is 4.36. The summed E-state index contributed by atoms with van der Waals surface area (Å²) in [4.78, 5) is 12.0. The Labute approximate surface area is 127 Å². The lowest BCUT2D eigenvalue weighted by atomic mass is 10.1. The van der Waals surface area contributed by atoms with E-state index in [-0.39, 0.29) is 9.83 Å². The van der Waals surface area contributed by atoms with Gasteiger partial charge in [0.2, 0.25) is 5.91 Å². The first-order valence-electron chi connectivity index (χ1n) is 6.25. The molecule has 0 heterocycles. The van der Waals surface area contributed by atoms with Gasteiger partial charge in [-0.25, -0.2) is 0 Å². The molecule has 3 heteroatoms. The van der Waals surface area contributed by atoms with Crippen LogP contribution in [-0.2, 0) is 17.8 Å². The molecule has 1 N–H and O–H groups in total. The molecule has 98 valence electrons. The fourth-order valence-electron chi connectivity index (χ4n) is 1.81. The molecule has 0 aromatic heterocycles. The maximum Gasteiger partial charge on any atom is 0.233 e. The molecule has 0 fully saturated rings. The van der Waals surface area contributed by atoms with E-state index in [0.717, 1.165) is 12.0 Å². The van der Waals surface area contributed by atoms with Crippen LogP contribution >= 0.6 is 22.6 Å². The summed E-state index contributed by atoms with van der Waals surface area (Å²) in [6, 6.07) is 20.1. The number of hydrogen-bond acceptors (Lipinski definition) is 1. The number of halogens is 1. The second-order valence-corrected chi connectivity index (χ2v) is 5.86. The van der Waals surface area contributed by atoms with Crippen molar-refractivity contribution in [1.29, 1.82) is 0 Å². The highest BCUT2D eigenvalue weighted by Gasteiger charge is 2.14. The number of carbonyl (C=O) groups is 1. The van der Waals surface area contributed by atoms with Gasteiger partial charge in [0, 0.05) is 6.54 Å². The maximum absolute atomic E-state index is 12.0. The molecule has 0 spiro atoms. The van der Waals surface area contributed by atoms with Crippen molar-refractivity contribution in [3.63, 3.8) is 0 Å². The molecule has 0 radical (unpaired) electrons. The number of rotatable bonds is 5. The van der Waals surface area contributed by atoms with Crippen LogP contribution in [0.25, 0.3) is 0 Å². The average molecular weight is 365 g/mol. The number of carbonyl (C=O) groups excluding carboxylic acids is 1. The van der Waals surface area contributed by atoms with E-state index in [1.54, 1.807) is 0 Å². The second kappa shape index (κ2) is 7.28. The Hall–Kier alpha value is -1.36. The fourth-order valence-corrected chi connectivity index (χ4v) is 2.54. The van der Waals surface area contributed by atoms with Crippen molar-refractivity contribution in [2.45, 2.75) is 16.9 Å². The number of alkyl halides is 1. The molecule has 1 atom stereocenters. The molecule has 2 aromatic carbocycles. The van der Waals surface area contributed by atoms with Crippen molar-refractivity contribution in [3.05, 3.63) is 71.8 Å². The van der Waals surface area contributed by atoms with Gasteiger partial charge in [-0.3, -0.25) is 4.79 Å². The first-order valence-corrected chi connectivity index (χ1v) is 7.50. The quantitative estimate of drug-likeness (QED) is 0.639. The van der Waals surface area contributed by atoms with Crippen LogP contribution in [0.5, 0.6) is 0 Å². The van der Waals surface area contributed by atoms with Crippen LogP contribution in [-0.4, -0.2) is 9.83 Å². The Kier molecular flexibility index (Phi) is 5.39. The van der Waals surface area contributed by atoms with Gasteiger partial charge in [0.05, 0.1) is 3.92 Å². The van der Waals surface area contributed by atoms with Gasteiger partial charge in [0.1, 0.15) is 0 Å². The van der Waals surface area contributed by atoms with Crippen molar-refractivity contribution >= 4 is 28.5 Å². The van der Waals surface area contributed by atoms with E-state index in [1.807, 2.05) is 48.5 Å². The van der Waals surface area contributed by atoms with Crippen molar-refractivity contribution < 1.29 is 4.79 Å². The zero-order valence-electron chi connectivity index (χ0n) is 10.6. The van der Waals surface area contributed by atoms with E-state index in [4.69, 9.17) is 0 Å². The first-order chi connectivity index (χ1) is 9.25. The minimum Gasteiger partial charge on any atom is -0.351 e. The largest absolute Gasteiger partial charge is 0.351 e. The van der Waals surface area contributed by atoms with Crippen molar-refractivity contribution in [1.82, 2.24) is 5.32 Å². The van der Waals surface area contributed by atoms with Gasteiger partial charge in [-0.1, -0.05) is 83.3 Å². The van der Waals surface area contributed by atoms with Gasteiger partial charge in [0.15, 0.2) is 0 Å². The molecule has 19 heavy (non-hydrogen) atoms. The summed E-state index contributed by atoms with van der Waals surface area (Å²) in [6.07, 6.45) is 0.766. The molecule has 0 aliphatic rings. The molecule has 0 bridgehead atoms. The number of hydrogen-bond donors (Lipinski definition) is 1. The molecule has 1 unspecified atom stereocenters. The SMILES string of the molecule is O=C(NCc1ccccc1)C(I)Cc1ccccc1. The van der Waals surface area contributed by atoms with Gasteiger partial charge in [-0.05, 0) is 17.5 Å². The first kappa shape index (κ1) is 14.1. The summed E-state index contributed by atoms with van der Waals surface area (Å²) in [5.74, 6) is 0.0910. The van der Waals surface area contributed by atoms with Gasteiger partial charge in [0.25, 0.3) is 0 Å². The Balaban J connectivity index is 1.83. The van der Waals surface area contributed by atoms with E-state index >= 15 is 0 Å². The highest BCUT2D eigenvalue weighted by Crippen LogP contribution is 2.11. The normalized spacial score (nSPS) is 11.8. The van der Waals surface area contributed by atoms with E-state index < -0.39 is 0 Å². The third kappa shape index (κ3) is 4.67. The summed E-state index contributed by atoms with van der Waals surface area (Å²) >= 11 is 2.20. The molecule has 0 saturated heterocycles. The molecule has 2 rings (SSSR count). The van der Waals surface area contributed by atoms with Crippen LogP contribution < -0.4 is 5.32 Å². The van der Waals surface area contributed by atoms with Crippen molar-refractivity contribution in [2.75, 3.05) is 0 Å². The third-order valence-electron chi connectivity index (χ3n) is 2.85. The zero-order chi connectivity index (χ0) is 13.5. The van der Waals surface area contributed by atoms with E-state index in [2.05, 4.69) is 40.0 Å². The molecule has 2 nitrogen and oxygen atoms in total. The van der Waals surface area contributed by atoms with Crippen LogP contribution in [0.2, 0.25) is 0 Å². The predicted molar refractivity (Wildman–Crippen MR) is 86.2 cm³/mol. The lowest BCUT2D eigenvalue weighted by Crippen LogP contribution is -2.31. The lowest BCUT2D eigenvalue weighted by molar-refractivity contribution is -0.120. The minimum atomic E-state index is -0.0382. The Bertz CT molecular complexity index is 513. The van der Waals surface area contributed by atoms with Gasteiger partial charge in [-0.2, -0.15) is 0 Å². The zero-order valence-corrected chi connectivity index (χ0v) is 12.7. The standard InChI is InChI=1S/C16H16INO/c17-15(11-13-7-3-1-4-8-13)16(19)18-12-14-9-5-2-6-10-14/h1-10,15H,11-12H2,(H,18,19). The number of nitrogens with one attached hydrogen (secondary N) is 1. The van der Waals surface area contributed by atoms with E-state index in [1.165, 1.54) is 5.56 Å². The van der Waals surface area contributed by atoms with Crippen LogP contribution in [0, 0.1) is 0 Å². The van der Waals surface area contributed by atoms with E-state index in [9.17, 15) is 4.79 Å².